The molecule has 96 valence electrons. The highest BCUT2D eigenvalue weighted by Crippen LogP contribution is 2.24. The van der Waals surface area contributed by atoms with E-state index in [4.69, 9.17) is 4.74 Å². The quantitative estimate of drug-likeness (QED) is 0.917. The zero-order chi connectivity index (χ0) is 12.4. The van der Waals surface area contributed by atoms with E-state index in [0.717, 1.165) is 34.0 Å². The van der Waals surface area contributed by atoms with E-state index in [1.165, 1.54) is 0 Å². The molecule has 1 aromatic heterocycles. The summed E-state index contributed by atoms with van der Waals surface area (Å²) in [6, 6.07) is 0. The highest BCUT2D eigenvalue weighted by Gasteiger charge is 2.25. The van der Waals surface area contributed by atoms with Gasteiger partial charge in [0.1, 0.15) is 0 Å². The topological polar surface area (TPSA) is 47.3 Å². The van der Waals surface area contributed by atoms with Gasteiger partial charge in [0.2, 0.25) is 0 Å². The van der Waals surface area contributed by atoms with Gasteiger partial charge in [-0.25, -0.2) is 0 Å². The van der Waals surface area contributed by atoms with Crippen molar-refractivity contribution in [3.8, 4) is 0 Å². The largest absolute Gasteiger partial charge is 0.390 e. The lowest BCUT2D eigenvalue weighted by atomic mass is 10.1. The maximum Gasteiger partial charge on any atom is 0.0928 e. The van der Waals surface area contributed by atoms with Gasteiger partial charge in [0.15, 0.2) is 0 Å². The third-order valence-electron chi connectivity index (χ3n) is 2.94. The number of hydrogen-bond donors (Lipinski definition) is 1. The summed E-state index contributed by atoms with van der Waals surface area (Å²) >= 11 is 5.35. The molecule has 2 atom stereocenters. The SMILES string of the molecule is Cc1nn(C)c(CC(O)C2CSCCO2)c1Br. The molecule has 4 nitrogen and oxygen atoms in total. The molecule has 2 rings (SSSR count). The fraction of sp³-hybridized carbons (Fsp3) is 0.727. The van der Waals surface area contributed by atoms with Crippen molar-refractivity contribution in [3.63, 3.8) is 0 Å². The number of aryl methyl sites for hydroxylation is 2. The molecule has 1 aliphatic rings. The summed E-state index contributed by atoms with van der Waals surface area (Å²) in [6.07, 6.45) is 0.0492. The molecule has 0 saturated carbocycles. The van der Waals surface area contributed by atoms with E-state index < -0.39 is 6.10 Å². The number of rotatable bonds is 3. The van der Waals surface area contributed by atoms with Crippen molar-refractivity contribution in [2.45, 2.75) is 25.6 Å². The van der Waals surface area contributed by atoms with E-state index in [9.17, 15) is 5.11 Å². The van der Waals surface area contributed by atoms with Crippen LogP contribution in [0, 0.1) is 6.92 Å². The smallest absolute Gasteiger partial charge is 0.0928 e. The number of aliphatic hydroxyl groups is 1. The Balaban J connectivity index is 2.04. The van der Waals surface area contributed by atoms with Gasteiger partial charge in [-0.15, -0.1) is 0 Å². The minimum atomic E-state index is -0.464. The molecule has 2 heterocycles. The van der Waals surface area contributed by atoms with Crippen molar-refractivity contribution in [1.29, 1.82) is 0 Å². The lowest BCUT2D eigenvalue weighted by molar-refractivity contribution is -0.0215. The second-order valence-electron chi connectivity index (χ2n) is 4.23. The Bertz CT molecular complexity index is 391. The Morgan fingerprint density at radius 3 is 3.00 bits per heavy atom. The van der Waals surface area contributed by atoms with Crippen LogP contribution < -0.4 is 0 Å². The minimum Gasteiger partial charge on any atom is -0.390 e. The Morgan fingerprint density at radius 2 is 2.47 bits per heavy atom. The standard InChI is InChI=1S/C11H17BrN2O2S/c1-7-11(12)8(14(2)13-7)5-9(15)10-6-17-4-3-16-10/h9-10,15H,3-6H2,1-2H3. The summed E-state index contributed by atoms with van der Waals surface area (Å²) in [5.74, 6) is 1.90. The number of ether oxygens (including phenoxy) is 1. The second-order valence-corrected chi connectivity index (χ2v) is 6.17. The maximum atomic E-state index is 10.2. The van der Waals surface area contributed by atoms with Crippen LogP contribution >= 0.6 is 27.7 Å². The summed E-state index contributed by atoms with van der Waals surface area (Å²) < 4.78 is 8.39. The van der Waals surface area contributed by atoms with Gasteiger partial charge in [-0.05, 0) is 22.9 Å². The first-order valence-corrected chi connectivity index (χ1v) is 7.59. The van der Waals surface area contributed by atoms with Crippen LogP contribution in [-0.2, 0) is 18.2 Å². The summed E-state index contributed by atoms with van der Waals surface area (Å²) in [5, 5.41) is 14.5. The first kappa shape index (κ1) is 13.4. The zero-order valence-electron chi connectivity index (χ0n) is 10.0. The van der Waals surface area contributed by atoms with Crippen LogP contribution in [0.5, 0.6) is 0 Å². The van der Waals surface area contributed by atoms with Crippen LogP contribution in [0.4, 0.5) is 0 Å². The Morgan fingerprint density at radius 1 is 1.71 bits per heavy atom. The molecule has 0 aliphatic carbocycles. The average molecular weight is 321 g/mol. The zero-order valence-corrected chi connectivity index (χ0v) is 12.4. The van der Waals surface area contributed by atoms with E-state index in [1.807, 2.05) is 30.4 Å². The predicted octanol–water partition coefficient (Wildman–Crippen LogP) is 1.53. The van der Waals surface area contributed by atoms with Crippen molar-refractivity contribution >= 4 is 27.7 Å². The fourth-order valence-electron chi connectivity index (χ4n) is 1.96. The number of hydrogen-bond acceptors (Lipinski definition) is 4. The van der Waals surface area contributed by atoms with Crippen molar-refractivity contribution in [3.05, 3.63) is 15.9 Å². The van der Waals surface area contributed by atoms with Gasteiger partial charge in [0, 0.05) is 25.0 Å². The number of aliphatic hydroxyl groups excluding tert-OH is 1. The molecular weight excluding hydrogens is 304 g/mol. The van der Waals surface area contributed by atoms with Crippen LogP contribution in [0.3, 0.4) is 0 Å². The molecule has 1 aliphatic heterocycles. The highest BCUT2D eigenvalue weighted by atomic mass is 79.9. The van der Waals surface area contributed by atoms with Crippen LogP contribution in [-0.4, -0.2) is 45.2 Å². The number of thioether (sulfide) groups is 1. The lowest BCUT2D eigenvalue weighted by Gasteiger charge is -2.26. The molecule has 6 heteroatoms. The Hall–Kier alpha value is -0.0400. The predicted molar refractivity (Wildman–Crippen MR) is 72.4 cm³/mol. The third kappa shape index (κ3) is 3.05. The highest BCUT2D eigenvalue weighted by molar-refractivity contribution is 9.10. The summed E-state index contributed by atoms with van der Waals surface area (Å²) in [6.45, 7) is 2.69. The van der Waals surface area contributed by atoms with Crippen molar-refractivity contribution < 1.29 is 9.84 Å². The second kappa shape index (κ2) is 5.73. The van der Waals surface area contributed by atoms with Gasteiger partial charge in [0.05, 0.1) is 34.7 Å². The number of halogens is 1. The monoisotopic (exact) mass is 320 g/mol. The summed E-state index contributed by atoms with van der Waals surface area (Å²) in [7, 11) is 1.90. The fourth-order valence-corrected chi connectivity index (χ4v) is 3.39. The molecule has 0 spiro atoms. The van der Waals surface area contributed by atoms with Crippen molar-refractivity contribution in [2.24, 2.45) is 7.05 Å². The molecule has 0 bridgehead atoms. The third-order valence-corrected chi connectivity index (χ3v) is 4.99. The minimum absolute atomic E-state index is 0.0594. The first-order valence-electron chi connectivity index (χ1n) is 5.65. The van der Waals surface area contributed by atoms with Gasteiger partial charge in [-0.1, -0.05) is 0 Å². The van der Waals surface area contributed by atoms with Crippen LogP contribution in [0.2, 0.25) is 0 Å². The van der Waals surface area contributed by atoms with Crippen LogP contribution in [0.15, 0.2) is 4.47 Å². The molecule has 17 heavy (non-hydrogen) atoms. The average Bonchev–Trinajstić information content (AvgIpc) is 2.57. The van der Waals surface area contributed by atoms with Gasteiger partial charge in [-0.2, -0.15) is 16.9 Å². The normalized spacial score (nSPS) is 22.7. The van der Waals surface area contributed by atoms with E-state index >= 15 is 0 Å². The summed E-state index contributed by atoms with van der Waals surface area (Å²) in [4.78, 5) is 0. The van der Waals surface area contributed by atoms with Gasteiger partial charge >= 0.3 is 0 Å². The van der Waals surface area contributed by atoms with Gasteiger partial charge in [-0.3, -0.25) is 4.68 Å². The van der Waals surface area contributed by atoms with E-state index in [0.29, 0.717) is 6.42 Å². The van der Waals surface area contributed by atoms with Gasteiger partial charge < -0.3 is 9.84 Å². The maximum absolute atomic E-state index is 10.2. The molecule has 1 saturated heterocycles. The van der Waals surface area contributed by atoms with Crippen LogP contribution in [0.25, 0.3) is 0 Å². The van der Waals surface area contributed by atoms with E-state index in [1.54, 1.807) is 0 Å². The molecule has 0 aromatic carbocycles. The lowest BCUT2D eigenvalue weighted by Crippen LogP contribution is -2.36. The van der Waals surface area contributed by atoms with Crippen molar-refractivity contribution in [2.75, 3.05) is 18.1 Å². The van der Waals surface area contributed by atoms with Crippen molar-refractivity contribution in [1.82, 2.24) is 9.78 Å². The van der Waals surface area contributed by atoms with Gasteiger partial charge in [0.25, 0.3) is 0 Å². The van der Waals surface area contributed by atoms with E-state index in [-0.39, 0.29) is 6.10 Å². The molecule has 1 fully saturated rings. The molecule has 1 N–H and O–H groups in total. The Labute approximate surface area is 114 Å². The van der Waals surface area contributed by atoms with Crippen LogP contribution in [0.1, 0.15) is 11.4 Å². The summed E-state index contributed by atoms with van der Waals surface area (Å²) in [5.41, 5.74) is 1.97. The molecular formula is C11H17BrN2O2S. The van der Waals surface area contributed by atoms with E-state index in [2.05, 4.69) is 21.0 Å². The number of nitrogens with zero attached hydrogens (tertiary/aromatic N) is 2. The molecule has 1 aromatic rings. The molecule has 2 unspecified atom stereocenters. The number of aromatic nitrogens is 2. The molecule has 0 amide bonds. The molecule has 0 radical (unpaired) electrons. The Kier molecular flexibility index (Phi) is 4.52. The first-order chi connectivity index (χ1) is 8.09.